The molecule has 0 saturated heterocycles. The number of fused-ring (bicyclic) bond motifs is 1. The lowest BCUT2D eigenvalue weighted by Crippen LogP contribution is -2.17. The zero-order valence-electron chi connectivity index (χ0n) is 7.64. The predicted molar refractivity (Wildman–Crippen MR) is 52.5 cm³/mol. The van der Waals surface area contributed by atoms with Gasteiger partial charge in [0.25, 0.3) is 0 Å². The molecule has 0 saturated carbocycles. The molecule has 2 aromatic rings. The lowest BCUT2D eigenvalue weighted by atomic mass is 10.1. The zero-order chi connectivity index (χ0) is 9.26. The van der Waals surface area contributed by atoms with Crippen LogP contribution in [-0.2, 0) is 6.42 Å². The maximum Gasteiger partial charge on any atom is 0.0694 e. The van der Waals surface area contributed by atoms with E-state index in [1.807, 2.05) is 36.0 Å². The molecule has 0 aliphatic heterocycles. The maximum absolute atomic E-state index is 5.74. The van der Waals surface area contributed by atoms with E-state index in [4.69, 9.17) is 5.73 Å². The van der Waals surface area contributed by atoms with Crippen LogP contribution in [0.15, 0.2) is 30.6 Å². The molecular formula is C10H13N3. The van der Waals surface area contributed by atoms with E-state index in [9.17, 15) is 0 Å². The molecule has 1 atom stereocenters. The summed E-state index contributed by atoms with van der Waals surface area (Å²) in [7, 11) is 0. The first-order chi connectivity index (χ1) is 6.27. The molecule has 0 spiro atoms. The van der Waals surface area contributed by atoms with Crippen LogP contribution in [0.2, 0.25) is 0 Å². The Morgan fingerprint density at radius 2 is 2.38 bits per heavy atom. The van der Waals surface area contributed by atoms with Gasteiger partial charge >= 0.3 is 0 Å². The first-order valence-electron chi connectivity index (χ1n) is 4.44. The summed E-state index contributed by atoms with van der Waals surface area (Å²) in [6, 6.07) is 6.23. The van der Waals surface area contributed by atoms with Crippen LogP contribution in [0.4, 0.5) is 0 Å². The average molecular weight is 175 g/mol. The highest BCUT2D eigenvalue weighted by Crippen LogP contribution is 2.11. The minimum Gasteiger partial charge on any atom is -0.328 e. The molecule has 0 aliphatic rings. The van der Waals surface area contributed by atoms with E-state index in [1.54, 1.807) is 0 Å². The van der Waals surface area contributed by atoms with Crippen molar-refractivity contribution in [2.45, 2.75) is 19.4 Å². The van der Waals surface area contributed by atoms with Gasteiger partial charge in [-0.15, -0.1) is 0 Å². The van der Waals surface area contributed by atoms with Crippen molar-refractivity contribution in [1.29, 1.82) is 0 Å². The van der Waals surface area contributed by atoms with Gasteiger partial charge in [0.2, 0.25) is 0 Å². The van der Waals surface area contributed by atoms with E-state index < -0.39 is 0 Å². The summed E-state index contributed by atoms with van der Waals surface area (Å²) in [4.78, 5) is 0. The third-order valence-electron chi connectivity index (χ3n) is 2.05. The number of rotatable bonds is 2. The van der Waals surface area contributed by atoms with Crippen LogP contribution in [0.3, 0.4) is 0 Å². The number of nitrogens with zero attached hydrogens (tertiary/aromatic N) is 2. The summed E-state index contributed by atoms with van der Waals surface area (Å²) in [5.74, 6) is 0. The standard InChI is InChI=1S/C10H13N3/c1-8(11)6-9-7-12-13-5-3-2-4-10(9)13/h2-5,7-8H,6,11H2,1H3. The molecule has 2 rings (SSSR count). The fraction of sp³-hybridized carbons (Fsp3) is 0.300. The summed E-state index contributed by atoms with van der Waals surface area (Å²) in [5.41, 5.74) is 8.11. The minimum absolute atomic E-state index is 0.188. The van der Waals surface area contributed by atoms with Gasteiger partial charge in [-0.1, -0.05) is 6.07 Å². The van der Waals surface area contributed by atoms with Crippen LogP contribution >= 0.6 is 0 Å². The number of hydrogen-bond acceptors (Lipinski definition) is 2. The SMILES string of the molecule is CC(N)Cc1cnn2ccccc12. The second-order valence-electron chi connectivity index (χ2n) is 3.38. The van der Waals surface area contributed by atoms with Crippen molar-refractivity contribution in [3.8, 4) is 0 Å². The van der Waals surface area contributed by atoms with Crippen molar-refractivity contribution in [1.82, 2.24) is 9.61 Å². The molecule has 0 radical (unpaired) electrons. The minimum atomic E-state index is 0.188. The molecule has 1 unspecified atom stereocenters. The van der Waals surface area contributed by atoms with Crippen molar-refractivity contribution in [3.63, 3.8) is 0 Å². The Morgan fingerprint density at radius 1 is 1.54 bits per heavy atom. The molecule has 3 heteroatoms. The van der Waals surface area contributed by atoms with Gasteiger partial charge in [-0.3, -0.25) is 0 Å². The molecule has 0 aromatic carbocycles. The summed E-state index contributed by atoms with van der Waals surface area (Å²) >= 11 is 0. The van der Waals surface area contributed by atoms with Crippen molar-refractivity contribution in [3.05, 3.63) is 36.2 Å². The summed E-state index contributed by atoms with van der Waals surface area (Å²) in [6.07, 6.45) is 4.71. The summed E-state index contributed by atoms with van der Waals surface area (Å²) < 4.78 is 1.87. The molecule has 0 amide bonds. The van der Waals surface area contributed by atoms with Crippen LogP contribution < -0.4 is 5.73 Å². The Morgan fingerprint density at radius 3 is 3.15 bits per heavy atom. The number of aromatic nitrogens is 2. The lowest BCUT2D eigenvalue weighted by molar-refractivity contribution is 0.741. The van der Waals surface area contributed by atoms with Crippen LogP contribution in [-0.4, -0.2) is 15.7 Å². The highest BCUT2D eigenvalue weighted by Gasteiger charge is 2.04. The molecule has 2 heterocycles. The smallest absolute Gasteiger partial charge is 0.0694 e. The summed E-state index contributed by atoms with van der Waals surface area (Å²) in [6.45, 7) is 2.01. The molecular weight excluding hydrogens is 162 g/mol. The average Bonchev–Trinajstić information content (AvgIpc) is 2.48. The molecule has 68 valence electrons. The number of nitrogens with two attached hydrogens (primary N) is 1. The van der Waals surface area contributed by atoms with Gasteiger partial charge in [-0.05, 0) is 31.0 Å². The van der Waals surface area contributed by atoms with Gasteiger partial charge < -0.3 is 5.73 Å². The Bertz CT molecular complexity index is 403. The van der Waals surface area contributed by atoms with E-state index >= 15 is 0 Å². The molecule has 0 fully saturated rings. The van der Waals surface area contributed by atoms with Gasteiger partial charge in [-0.2, -0.15) is 5.10 Å². The molecule has 13 heavy (non-hydrogen) atoms. The normalized spacial score (nSPS) is 13.4. The largest absolute Gasteiger partial charge is 0.328 e. The van der Waals surface area contributed by atoms with Gasteiger partial charge in [0.05, 0.1) is 11.7 Å². The van der Waals surface area contributed by atoms with Crippen molar-refractivity contribution >= 4 is 5.52 Å². The van der Waals surface area contributed by atoms with Crippen molar-refractivity contribution < 1.29 is 0 Å². The fourth-order valence-electron chi connectivity index (χ4n) is 1.49. The quantitative estimate of drug-likeness (QED) is 0.745. The van der Waals surface area contributed by atoms with Gasteiger partial charge in [0.15, 0.2) is 0 Å². The van der Waals surface area contributed by atoms with E-state index in [2.05, 4.69) is 11.2 Å². The second-order valence-corrected chi connectivity index (χ2v) is 3.38. The Balaban J connectivity index is 2.46. The monoisotopic (exact) mass is 175 g/mol. The molecule has 2 aromatic heterocycles. The first kappa shape index (κ1) is 8.26. The van der Waals surface area contributed by atoms with E-state index in [0.29, 0.717) is 0 Å². The second kappa shape index (κ2) is 3.18. The van der Waals surface area contributed by atoms with Crippen LogP contribution in [0.25, 0.3) is 5.52 Å². The van der Waals surface area contributed by atoms with Crippen molar-refractivity contribution in [2.75, 3.05) is 0 Å². The highest BCUT2D eigenvalue weighted by molar-refractivity contribution is 5.53. The van der Waals surface area contributed by atoms with Gasteiger partial charge in [0.1, 0.15) is 0 Å². The lowest BCUT2D eigenvalue weighted by Gasteiger charge is -2.01. The topological polar surface area (TPSA) is 43.3 Å². The Labute approximate surface area is 77.2 Å². The van der Waals surface area contributed by atoms with E-state index in [1.165, 1.54) is 5.56 Å². The van der Waals surface area contributed by atoms with E-state index in [-0.39, 0.29) is 6.04 Å². The Kier molecular flexibility index (Phi) is 2.02. The van der Waals surface area contributed by atoms with Crippen molar-refractivity contribution in [2.24, 2.45) is 5.73 Å². The Hall–Kier alpha value is -1.35. The first-order valence-corrected chi connectivity index (χ1v) is 4.44. The van der Waals surface area contributed by atoms with E-state index in [0.717, 1.165) is 11.9 Å². The van der Waals surface area contributed by atoms with Crippen LogP contribution in [0.1, 0.15) is 12.5 Å². The molecule has 0 aliphatic carbocycles. The van der Waals surface area contributed by atoms with Crippen LogP contribution in [0.5, 0.6) is 0 Å². The zero-order valence-corrected chi connectivity index (χ0v) is 7.64. The highest BCUT2D eigenvalue weighted by atomic mass is 15.2. The van der Waals surface area contributed by atoms with Crippen LogP contribution in [0, 0.1) is 0 Å². The third-order valence-corrected chi connectivity index (χ3v) is 2.05. The van der Waals surface area contributed by atoms with Gasteiger partial charge in [0, 0.05) is 12.2 Å². The fourth-order valence-corrected chi connectivity index (χ4v) is 1.49. The summed E-state index contributed by atoms with van der Waals surface area (Å²) in [5, 5.41) is 4.23. The molecule has 0 bridgehead atoms. The third kappa shape index (κ3) is 1.55. The predicted octanol–water partition coefficient (Wildman–Crippen LogP) is 1.22. The molecule has 3 nitrogen and oxygen atoms in total. The number of hydrogen-bond donors (Lipinski definition) is 1. The van der Waals surface area contributed by atoms with Gasteiger partial charge in [-0.25, -0.2) is 4.52 Å². The molecule has 2 N–H and O–H groups in total. The maximum atomic E-state index is 5.74. The number of pyridine rings is 1.